The summed E-state index contributed by atoms with van der Waals surface area (Å²) < 4.78 is 37.2. The fourth-order valence-electron chi connectivity index (χ4n) is 8.85. The second-order valence-corrected chi connectivity index (χ2v) is 29.5. The highest BCUT2D eigenvalue weighted by atomic mass is 32.4. The number of carbonyl (C=O) groups excluding carboxylic acids is 2. The van der Waals surface area contributed by atoms with Crippen LogP contribution in [0.1, 0.15) is 67.8 Å². The number of imidazole rings is 2. The summed E-state index contributed by atoms with van der Waals surface area (Å²) in [5, 5.41) is 3.58. The number of benzene rings is 2. The van der Waals surface area contributed by atoms with Crippen molar-refractivity contribution in [1.29, 1.82) is 0 Å². The lowest BCUT2D eigenvalue weighted by atomic mass is 10.00. The summed E-state index contributed by atoms with van der Waals surface area (Å²) in [4.78, 5) is 58.7. The number of anilines is 2. The first-order valence-corrected chi connectivity index (χ1v) is 31.5. The van der Waals surface area contributed by atoms with Crippen LogP contribution in [0.25, 0.3) is 22.3 Å². The molecule has 6 aromatic rings. The van der Waals surface area contributed by atoms with E-state index in [4.69, 9.17) is 61.5 Å². The van der Waals surface area contributed by atoms with Crippen LogP contribution in [0.15, 0.2) is 111 Å². The molecule has 0 radical (unpaired) electrons. The molecular weight excluding hydrogens is 1010 g/mol. The number of amides is 2. The number of aromatic nitrogens is 8. The molecule has 0 spiro atoms. The summed E-state index contributed by atoms with van der Waals surface area (Å²) in [6.45, 7) is 25.7. The number of fused-ring (bicyclic) bond motifs is 2. The van der Waals surface area contributed by atoms with Crippen LogP contribution in [-0.4, -0.2) is 116 Å². The van der Waals surface area contributed by atoms with Gasteiger partial charge in [-0.25, -0.2) is 29.9 Å². The maximum absolute atomic E-state index is 13.9. The molecule has 1 N–H and O–H groups in total. The molecular formula is C49H61N11O7P2S2Si. The molecule has 2 saturated heterocycles. The number of nitrogens with one attached hydrogen (secondary N) is 1. The topological polar surface area (TPSA) is 186 Å². The van der Waals surface area contributed by atoms with Crippen molar-refractivity contribution in [3.05, 3.63) is 122 Å². The van der Waals surface area contributed by atoms with Gasteiger partial charge in [0, 0.05) is 48.8 Å². The minimum atomic E-state index is -2.80. The lowest BCUT2D eigenvalue weighted by Crippen LogP contribution is -2.47. The van der Waals surface area contributed by atoms with Crippen molar-refractivity contribution in [3.8, 4) is 0 Å². The number of nitrogens with zero attached hydrogens (tertiary/aromatic N) is 10. The number of ether oxygens (including phenoxy) is 2. The lowest BCUT2D eigenvalue weighted by molar-refractivity contribution is -0.0427. The fourth-order valence-corrected chi connectivity index (χ4v) is 12.6. The Morgan fingerprint density at radius 1 is 0.792 bits per heavy atom. The molecule has 2 fully saturated rings. The van der Waals surface area contributed by atoms with Crippen LogP contribution >= 0.6 is 14.0 Å². The van der Waals surface area contributed by atoms with Crippen LogP contribution < -0.4 is 14.9 Å². The van der Waals surface area contributed by atoms with Crippen molar-refractivity contribution in [1.82, 2.24) is 44.1 Å². The van der Waals surface area contributed by atoms with Gasteiger partial charge in [0.15, 0.2) is 48.5 Å². The minimum absolute atomic E-state index is 0.107. The van der Waals surface area contributed by atoms with Gasteiger partial charge in [-0.15, -0.1) is 13.2 Å². The molecule has 18 nitrogen and oxygen atoms in total. The first-order chi connectivity index (χ1) is 34.4. The number of hydrogen-bond acceptors (Lipinski definition) is 15. The molecule has 9 atom stereocenters. The van der Waals surface area contributed by atoms with E-state index >= 15 is 0 Å². The van der Waals surface area contributed by atoms with E-state index in [1.54, 1.807) is 54.0 Å². The summed E-state index contributed by atoms with van der Waals surface area (Å²) in [7, 11) is -2.06. The zero-order valence-electron chi connectivity index (χ0n) is 41.6. The maximum Gasteiger partial charge on any atom is 0.259 e. The molecule has 2 aliphatic rings. The zero-order chi connectivity index (χ0) is 51.5. The second-order valence-electron chi connectivity index (χ2n) is 19.5. The van der Waals surface area contributed by atoms with Gasteiger partial charge in [0.25, 0.3) is 11.8 Å². The highest BCUT2D eigenvalue weighted by molar-refractivity contribution is 8.11. The van der Waals surface area contributed by atoms with Crippen LogP contribution in [-0.2, 0) is 46.6 Å². The predicted octanol–water partition coefficient (Wildman–Crippen LogP) is 9.04. The highest BCUT2D eigenvalue weighted by Gasteiger charge is 2.51. The Kier molecular flexibility index (Phi) is 16.5. The highest BCUT2D eigenvalue weighted by Crippen LogP contribution is 2.49. The van der Waals surface area contributed by atoms with Gasteiger partial charge in [-0.2, -0.15) is 0 Å². The monoisotopic (exact) mass is 1070 g/mol. The number of rotatable bonds is 20. The Labute approximate surface area is 432 Å². The van der Waals surface area contributed by atoms with E-state index in [9.17, 15) is 9.59 Å². The standard InChI is InChI=1S/C49H61N11O7P2S2Si/c1-11-23-57(45(61)33-19-15-13-16-20-33)41-38-43(52-27-50-41)59(29-54-38)47-32(4)37(36(66-47)25-63-68-70)56-69(8,71)64-26-35-31(3)40(67-72(9,10)49(5,6)7)48(65-35)60-30-55-39-42(51-28-53-44(39)60)58(24-12-2)46(62)34-21-17-14-18-22-34/h11-22,27-32,35-37,40,47-48H,1-2,23-26H2,3-10H3,(H,56,71)/t31-,32?,35-,36-,37+,40-,47-,48-,69?/m1/s1. The van der Waals surface area contributed by atoms with Crippen LogP contribution in [0.3, 0.4) is 0 Å². The predicted molar refractivity (Wildman–Crippen MR) is 289 cm³/mol. The van der Waals surface area contributed by atoms with Gasteiger partial charge in [-0.1, -0.05) is 95.0 Å². The largest absolute Gasteiger partial charge is 0.409 e. The van der Waals surface area contributed by atoms with Crippen molar-refractivity contribution in [3.63, 3.8) is 0 Å². The lowest BCUT2D eigenvalue weighted by Gasteiger charge is -2.40. The minimum Gasteiger partial charge on any atom is -0.409 e. The SMILES string of the molecule is C=CCN(C(=O)c1ccccc1)c1ncnc2c1ncn2[C@@H]1O[C@H](COP=S)[C@@H](NP(C)(=S)OC[C@H]2O[C@@H](n3cnc4c(N(CC=C)C(=O)c5ccccc5)ncnc43)[C@H](O[Si](C)(C)C(C)(C)C)[C@@H]2C)C1C. The molecule has 2 unspecified atom stereocenters. The van der Waals surface area contributed by atoms with Gasteiger partial charge < -0.3 is 22.9 Å². The molecule has 8 rings (SSSR count). The van der Waals surface area contributed by atoms with Crippen molar-refractivity contribution in [2.24, 2.45) is 11.8 Å². The average Bonchev–Trinajstić information content (AvgIpc) is 4.14. The molecule has 2 aliphatic heterocycles. The van der Waals surface area contributed by atoms with E-state index in [2.05, 4.69) is 80.9 Å². The Hall–Kier alpha value is -4.89. The normalized spacial score (nSPS) is 23.3. The van der Waals surface area contributed by atoms with Gasteiger partial charge in [-0.05, 0) is 54.2 Å². The fraction of sp³-hybridized carbons (Fsp3) is 0.429. The van der Waals surface area contributed by atoms with Crippen molar-refractivity contribution >= 4 is 91.7 Å². The van der Waals surface area contributed by atoms with Crippen molar-refractivity contribution in [2.45, 2.75) is 89.6 Å². The maximum atomic E-state index is 13.9. The molecule has 0 bridgehead atoms. The molecule has 2 amide bonds. The summed E-state index contributed by atoms with van der Waals surface area (Å²) in [6.07, 6.45) is 4.10. The first-order valence-electron chi connectivity index (χ1n) is 23.6. The third kappa shape index (κ3) is 11.0. The van der Waals surface area contributed by atoms with E-state index in [1.807, 2.05) is 52.2 Å². The third-order valence-electron chi connectivity index (χ3n) is 13.7. The van der Waals surface area contributed by atoms with Gasteiger partial charge in [0.1, 0.15) is 39.0 Å². The van der Waals surface area contributed by atoms with Crippen LogP contribution in [0.4, 0.5) is 11.6 Å². The Morgan fingerprint density at radius 2 is 1.29 bits per heavy atom. The molecule has 0 saturated carbocycles. The zero-order valence-corrected chi connectivity index (χ0v) is 46.1. The quantitative estimate of drug-likeness (QED) is 0.0433. The van der Waals surface area contributed by atoms with Gasteiger partial charge in [-0.3, -0.25) is 33.6 Å². The smallest absolute Gasteiger partial charge is 0.259 e. The van der Waals surface area contributed by atoms with Crippen LogP contribution in [0.5, 0.6) is 0 Å². The van der Waals surface area contributed by atoms with E-state index < -0.39 is 45.5 Å². The van der Waals surface area contributed by atoms with E-state index in [0.717, 1.165) is 0 Å². The van der Waals surface area contributed by atoms with E-state index in [1.165, 1.54) is 17.6 Å². The summed E-state index contributed by atoms with van der Waals surface area (Å²) in [5.74, 6) is -0.159. The van der Waals surface area contributed by atoms with Crippen molar-refractivity contribution < 1.29 is 32.5 Å². The molecule has 0 aliphatic carbocycles. The average molecular weight is 1070 g/mol. The van der Waals surface area contributed by atoms with Crippen LogP contribution in [0, 0.1) is 11.8 Å². The molecule has 23 heteroatoms. The summed E-state index contributed by atoms with van der Waals surface area (Å²) in [6, 6.07) is 17.7. The molecule has 6 heterocycles. The second kappa shape index (κ2) is 22.3. The van der Waals surface area contributed by atoms with E-state index in [0.29, 0.717) is 52.7 Å². The Bertz CT molecular complexity index is 2980. The Morgan fingerprint density at radius 3 is 1.78 bits per heavy atom. The van der Waals surface area contributed by atoms with Crippen LogP contribution in [0.2, 0.25) is 18.1 Å². The Balaban J connectivity index is 1.04. The summed E-state index contributed by atoms with van der Waals surface area (Å²) in [5.41, 5.74) is 2.85. The third-order valence-corrected chi connectivity index (χ3v) is 20.8. The van der Waals surface area contributed by atoms with Crippen molar-refractivity contribution in [2.75, 3.05) is 42.8 Å². The van der Waals surface area contributed by atoms with E-state index in [-0.39, 0.29) is 61.0 Å². The molecule has 4 aromatic heterocycles. The molecule has 72 heavy (non-hydrogen) atoms. The molecule has 380 valence electrons. The van der Waals surface area contributed by atoms with Gasteiger partial charge >= 0.3 is 0 Å². The van der Waals surface area contributed by atoms with Gasteiger partial charge in [0.2, 0.25) is 0 Å². The first kappa shape index (κ1) is 53.4. The number of carbonyl (C=O) groups is 2. The number of hydrogen-bond donors (Lipinski definition) is 1. The van der Waals surface area contributed by atoms with Gasteiger partial charge in [0.05, 0.1) is 38.1 Å². The molecule has 2 aromatic carbocycles. The summed E-state index contributed by atoms with van der Waals surface area (Å²) >= 11 is 11.5.